The van der Waals surface area contributed by atoms with Crippen molar-refractivity contribution in [2.75, 3.05) is 25.0 Å². The predicted molar refractivity (Wildman–Crippen MR) is 99.2 cm³/mol. The van der Waals surface area contributed by atoms with Gasteiger partial charge in [-0.1, -0.05) is 12.1 Å². The maximum absolute atomic E-state index is 12.4. The summed E-state index contributed by atoms with van der Waals surface area (Å²) in [6.07, 6.45) is 0.475. The van der Waals surface area contributed by atoms with Crippen LogP contribution in [-0.2, 0) is 6.54 Å². The quantitative estimate of drug-likeness (QED) is 0.744. The van der Waals surface area contributed by atoms with Crippen molar-refractivity contribution in [3.05, 3.63) is 47.9 Å². The van der Waals surface area contributed by atoms with Crippen LogP contribution in [-0.4, -0.2) is 47.4 Å². The molecule has 150 valence electrons. The monoisotopic (exact) mass is 392 g/mol. The number of benzene rings is 1. The number of hydrogen-bond acceptors (Lipinski definition) is 5. The minimum Gasteiger partial charge on any atom is -0.406 e. The summed E-state index contributed by atoms with van der Waals surface area (Å²) in [5.74, 6) is 2.20. The van der Waals surface area contributed by atoms with Crippen LogP contribution in [0.1, 0.15) is 36.6 Å². The van der Waals surface area contributed by atoms with Gasteiger partial charge in [-0.25, -0.2) is 9.97 Å². The van der Waals surface area contributed by atoms with Gasteiger partial charge >= 0.3 is 6.36 Å². The Morgan fingerprint density at radius 3 is 2.79 bits per heavy atom. The van der Waals surface area contributed by atoms with E-state index in [-0.39, 0.29) is 5.75 Å². The van der Waals surface area contributed by atoms with Gasteiger partial charge in [0.15, 0.2) is 0 Å². The summed E-state index contributed by atoms with van der Waals surface area (Å²) in [6.45, 7) is 2.32. The third-order valence-corrected chi connectivity index (χ3v) is 5.30. The standard InChI is InChI=1S/C20H23F3N4O/c1-26(18-7-9-24-19(25-18)15-5-6-15)16-8-10-27(13-16)12-14-3-2-4-17(11-14)28-20(21,22)23/h2-4,7,9,11,15-16H,5-6,8,10,12-13H2,1H3. The molecule has 0 radical (unpaired) electrons. The molecule has 0 N–H and O–H groups in total. The number of hydrogen-bond donors (Lipinski definition) is 0. The molecule has 1 saturated carbocycles. The first kappa shape index (κ1) is 19.0. The Bertz CT molecular complexity index is 825. The van der Waals surface area contributed by atoms with E-state index in [9.17, 15) is 13.2 Å². The number of ether oxygens (including phenoxy) is 1. The fraction of sp³-hybridized carbons (Fsp3) is 0.500. The summed E-state index contributed by atoms with van der Waals surface area (Å²) >= 11 is 0. The van der Waals surface area contributed by atoms with E-state index in [1.165, 1.54) is 25.0 Å². The van der Waals surface area contributed by atoms with Gasteiger partial charge in [0.05, 0.1) is 0 Å². The minimum absolute atomic E-state index is 0.175. The normalized spacial score (nSPS) is 20.4. The maximum Gasteiger partial charge on any atom is 0.573 e. The highest BCUT2D eigenvalue weighted by molar-refractivity contribution is 5.39. The number of likely N-dealkylation sites (tertiary alicyclic amines) is 1. The van der Waals surface area contributed by atoms with E-state index < -0.39 is 6.36 Å². The summed E-state index contributed by atoms with van der Waals surface area (Å²) in [6, 6.07) is 8.45. The lowest BCUT2D eigenvalue weighted by Gasteiger charge is -2.26. The number of nitrogens with zero attached hydrogens (tertiary/aromatic N) is 4. The minimum atomic E-state index is -4.67. The van der Waals surface area contributed by atoms with Gasteiger partial charge < -0.3 is 9.64 Å². The summed E-state index contributed by atoms with van der Waals surface area (Å²) in [4.78, 5) is 13.5. The number of rotatable bonds is 6. The van der Waals surface area contributed by atoms with Crippen LogP contribution in [0.5, 0.6) is 5.75 Å². The van der Waals surface area contributed by atoms with Gasteiger partial charge in [-0.2, -0.15) is 0 Å². The molecule has 1 aliphatic heterocycles. The van der Waals surface area contributed by atoms with Crippen molar-refractivity contribution in [3.8, 4) is 5.75 Å². The molecule has 2 fully saturated rings. The van der Waals surface area contributed by atoms with Gasteiger partial charge in [0.1, 0.15) is 17.4 Å². The molecule has 1 unspecified atom stereocenters. The van der Waals surface area contributed by atoms with E-state index in [1.54, 1.807) is 6.07 Å². The smallest absolute Gasteiger partial charge is 0.406 e. The molecular weight excluding hydrogens is 369 g/mol. The molecule has 1 aromatic carbocycles. The maximum atomic E-state index is 12.4. The average molecular weight is 392 g/mol. The second-order valence-corrected chi connectivity index (χ2v) is 7.53. The van der Waals surface area contributed by atoms with Crippen LogP contribution in [0.4, 0.5) is 19.0 Å². The second-order valence-electron chi connectivity index (χ2n) is 7.53. The summed E-state index contributed by atoms with van der Waals surface area (Å²) in [5.41, 5.74) is 0.808. The number of alkyl halides is 3. The molecule has 0 amide bonds. The van der Waals surface area contributed by atoms with Gasteiger partial charge in [0, 0.05) is 44.8 Å². The SMILES string of the molecule is CN(c1ccnc(C2CC2)n1)C1CCN(Cc2cccc(OC(F)(F)F)c2)C1. The van der Waals surface area contributed by atoms with Gasteiger partial charge in [-0.3, -0.25) is 4.90 Å². The fourth-order valence-corrected chi connectivity index (χ4v) is 3.66. The Hall–Kier alpha value is -2.35. The average Bonchev–Trinajstić information content (AvgIpc) is 3.40. The third kappa shape index (κ3) is 4.73. The van der Waals surface area contributed by atoms with Crippen molar-refractivity contribution in [1.82, 2.24) is 14.9 Å². The lowest BCUT2D eigenvalue weighted by atomic mass is 10.2. The fourth-order valence-electron chi connectivity index (χ4n) is 3.66. The predicted octanol–water partition coefficient (Wildman–Crippen LogP) is 3.96. The largest absolute Gasteiger partial charge is 0.573 e. The van der Waals surface area contributed by atoms with Crippen molar-refractivity contribution in [1.29, 1.82) is 0 Å². The van der Waals surface area contributed by atoms with Crippen molar-refractivity contribution in [3.63, 3.8) is 0 Å². The molecular formula is C20H23F3N4O. The molecule has 1 aliphatic carbocycles. The van der Waals surface area contributed by atoms with Crippen molar-refractivity contribution in [2.24, 2.45) is 0 Å². The van der Waals surface area contributed by atoms with Crippen LogP contribution in [0, 0.1) is 0 Å². The van der Waals surface area contributed by atoms with Crippen molar-refractivity contribution < 1.29 is 17.9 Å². The van der Waals surface area contributed by atoms with Crippen LogP contribution >= 0.6 is 0 Å². The van der Waals surface area contributed by atoms with Crippen LogP contribution in [0.25, 0.3) is 0 Å². The second kappa shape index (κ2) is 7.58. The first-order valence-corrected chi connectivity index (χ1v) is 9.50. The highest BCUT2D eigenvalue weighted by Gasteiger charge is 2.32. The number of halogens is 3. The lowest BCUT2D eigenvalue weighted by Crippen LogP contribution is -2.35. The molecule has 1 saturated heterocycles. The van der Waals surface area contributed by atoms with Gasteiger partial charge in [0.2, 0.25) is 0 Å². The van der Waals surface area contributed by atoms with Gasteiger partial charge in [-0.15, -0.1) is 13.2 Å². The molecule has 8 heteroatoms. The first-order chi connectivity index (χ1) is 13.4. The number of aromatic nitrogens is 2. The van der Waals surface area contributed by atoms with Crippen LogP contribution < -0.4 is 9.64 Å². The van der Waals surface area contributed by atoms with E-state index in [4.69, 9.17) is 4.98 Å². The Labute approximate surface area is 162 Å². The van der Waals surface area contributed by atoms with E-state index in [2.05, 4.69) is 19.5 Å². The molecule has 2 aliphatic rings. The zero-order chi connectivity index (χ0) is 19.7. The molecule has 4 rings (SSSR count). The van der Waals surface area contributed by atoms with Crippen LogP contribution in [0.2, 0.25) is 0 Å². The van der Waals surface area contributed by atoms with Crippen molar-refractivity contribution in [2.45, 2.75) is 44.1 Å². The van der Waals surface area contributed by atoms with E-state index in [0.29, 0.717) is 18.5 Å². The molecule has 2 aromatic rings. The molecule has 2 heterocycles. The number of likely N-dealkylation sites (N-methyl/N-ethyl adjacent to an activating group) is 1. The first-order valence-electron chi connectivity index (χ1n) is 9.50. The summed E-state index contributed by atoms with van der Waals surface area (Å²) < 4.78 is 41.3. The molecule has 1 atom stereocenters. The lowest BCUT2D eigenvalue weighted by molar-refractivity contribution is -0.274. The van der Waals surface area contributed by atoms with Gasteiger partial charge in [-0.05, 0) is 43.0 Å². The molecule has 1 aromatic heterocycles. The van der Waals surface area contributed by atoms with Crippen molar-refractivity contribution >= 4 is 5.82 Å². The number of anilines is 1. The third-order valence-electron chi connectivity index (χ3n) is 5.30. The zero-order valence-corrected chi connectivity index (χ0v) is 15.7. The Balaban J connectivity index is 1.36. The summed E-state index contributed by atoms with van der Waals surface area (Å²) in [7, 11) is 2.05. The molecule has 5 nitrogen and oxygen atoms in total. The van der Waals surface area contributed by atoms with Gasteiger partial charge in [0.25, 0.3) is 0 Å². The Kier molecular flexibility index (Phi) is 5.14. The van der Waals surface area contributed by atoms with Crippen LogP contribution in [0.3, 0.4) is 0 Å². The molecule has 0 bridgehead atoms. The topological polar surface area (TPSA) is 41.5 Å². The molecule has 0 spiro atoms. The molecule has 28 heavy (non-hydrogen) atoms. The van der Waals surface area contributed by atoms with E-state index in [0.717, 1.165) is 36.7 Å². The Morgan fingerprint density at radius 1 is 1.21 bits per heavy atom. The highest BCUT2D eigenvalue weighted by Crippen LogP contribution is 2.38. The zero-order valence-electron chi connectivity index (χ0n) is 15.7. The Morgan fingerprint density at radius 2 is 2.04 bits per heavy atom. The van der Waals surface area contributed by atoms with E-state index >= 15 is 0 Å². The van der Waals surface area contributed by atoms with Crippen LogP contribution in [0.15, 0.2) is 36.5 Å². The van der Waals surface area contributed by atoms with E-state index in [1.807, 2.05) is 25.4 Å². The summed E-state index contributed by atoms with van der Waals surface area (Å²) in [5, 5.41) is 0. The highest BCUT2D eigenvalue weighted by atomic mass is 19.4.